The first kappa shape index (κ1) is 14.1. The lowest BCUT2D eigenvalue weighted by molar-refractivity contribution is -0.313. The minimum Gasteiger partial charge on any atom is -0.550 e. The molecule has 1 aromatic carbocycles. The predicted molar refractivity (Wildman–Crippen MR) is 77.6 cm³/mol. The lowest BCUT2D eigenvalue weighted by Crippen LogP contribution is -2.42. The number of fused-ring (bicyclic) bond motifs is 1. The van der Waals surface area contributed by atoms with Crippen molar-refractivity contribution in [2.45, 2.75) is 44.9 Å². The quantitative estimate of drug-likeness (QED) is 0.919. The average Bonchev–Trinajstić information content (AvgIpc) is 2.94. The Kier molecular flexibility index (Phi) is 3.95. The normalized spacial score (nSPS) is 24.4. The third-order valence-electron chi connectivity index (χ3n) is 4.77. The van der Waals surface area contributed by atoms with Crippen molar-refractivity contribution in [2.75, 3.05) is 5.32 Å². The highest BCUT2D eigenvalue weighted by Crippen LogP contribution is 2.31. The second kappa shape index (κ2) is 5.88. The highest BCUT2D eigenvalue weighted by atomic mass is 16.4. The highest BCUT2D eigenvalue weighted by molar-refractivity contribution is 5.95. The van der Waals surface area contributed by atoms with Crippen LogP contribution in [0, 0.1) is 11.8 Å². The van der Waals surface area contributed by atoms with Crippen LogP contribution in [0.1, 0.15) is 43.2 Å². The third-order valence-corrected chi connectivity index (χ3v) is 4.77. The average molecular weight is 286 g/mol. The Balaban J connectivity index is 1.71. The van der Waals surface area contributed by atoms with Gasteiger partial charge in [0.1, 0.15) is 0 Å². The van der Waals surface area contributed by atoms with Crippen LogP contribution in [-0.4, -0.2) is 11.9 Å². The summed E-state index contributed by atoms with van der Waals surface area (Å²) in [5.41, 5.74) is 3.44. The van der Waals surface area contributed by atoms with Crippen molar-refractivity contribution < 1.29 is 14.7 Å². The standard InChI is InChI=1S/C17H21NO3/c19-16(14-6-1-2-7-15(14)17(20)21)18-13-9-8-11-4-3-5-12(11)10-13/h8-10,14-15H,1-7H2,(H,18,19)(H,20,21)/p-1/t14-,15-/m1/s1. The molecule has 1 amide bonds. The third kappa shape index (κ3) is 2.94. The van der Waals surface area contributed by atoms with Gasteiger partial charge in [0.2, 0.25) is 5.91 Å². The van der Waals surface area contributed by atoms with E-state index in [2.05, 4.69) is 11.4 Å². The van der Waals surface area contributed by atoms with E-state index in [1.54, 1.807) is 0 Å². The summed E-state index contributed by atoms with van der Waals surface area (Å²) >= 11 is 0. The molecule has 0 bridgehead atoms. The van der Waals surface area contributed by atoms with Crippen molar-refractivity contribution in [3.8, 4) is 0 Å². The van der Waals surface area contributed by atoms with Crippen molar-refractivity contribution >= 4 is 17.6 Å². The van der Waals surface area contributed by atoms with E-state index in [9.17, 15) is 14.7 Å². The van der Waals surface area contributed by atoms with Gasteiger partial charge in [-0.15, -0.1) is 0 Å². The Bertz CT molecular complexity index is 567. The molecule has 0 saturated heterocycles. The van der Waals surface area contributed by atoms with E-state index in [0.29, 0.717) is 12.8 Å². The topological polar surface area (TPSA) is 69.2 Å². The van der Waals surface area contributed by atoms with Gasteiger partial charge < -0.3 is 15.2 Å². The van der Waals surface area contributed by atoms with Crippen LogP contribution in [-0.2, 0) is 22.4 Å². The Morgan fingerprint density at radius 3 is 2.48 bits per heavy atom. The molecule has 0 unspecified atom stereocenters. The Morgan fingerprint density at radius 1 is 1.00 bits per heavy atom. The molecule has 1 N–H and O–H groups in total. The summed E-state index contributed by atoms with van der Waals surface area (Å²) in [5.74, 6) is -2.38. The Labute approximate surface area is 124 Å². The molecule has 2 atom stereocenters. The Hall–Kier alpha value is -1.84. The number of hydrogen-bond acceptors (Lipinski definition) is 3. The van der Waals surface area contributed by atoms with Crippen molar-refractivity contribution in [1.82, 2.24) is 0 Å². The molecule has 1 aromatic rings. The van der Waals surface area contributed by atoms with E-state index >= 15 is 0 Å². The number of carbonyl (C=O) groups excluding carboxylic acids is 2. The molecule has 0 aliphatic heterocycles. The summed E-state index contributed by atoms with van der Waals surface area (Å²) in [6, 6.07) is 6.00. The zero-order chi connectivity index (χ0) is 14.8. The van der Waals surface area contributed by atoms with Gasteiger partial charge in [0.25, 0.3) is 0 Å². The van der Waals surface area contributed by atoms with Gasteiger partial charge >= 0.3 is 0 Å². The molecule has 1 saturated carbocycles. The van der Waals surface area contributed by atoms with Crippen LogP contribution in [0.3, 0.4) is 0 Å². The monoisotopic (exact) mass is 286 g/mol. The first-order chi connectivity index (χ1) is 10.1. The minimum atomic E-state index is -1.09. The number of anilines is 1. The number of carbonyl (C=O) groups is 2. The molecular formula is C17H20NO3-. The lowest BCUT2D eigenvalue weighted by atomic mass is 9.78. The van der Waals surface area contributed by atoms with E-state index in [1.165, 1.54) is 17.5 Å². The molecule has 4 heteroatoms. The molecule has 0 aromatic heterocycles. The van der Waals surface area contributed by atoms with Crippen LogP contribution in [0.15, 0.2) is 18.2 Å². The summed E-state index contributed by atoms with van der Waals surface area (Å²) in [6.07, 6.45) is 6.29. The molecule has 1 fully saturated rings. The van der Waals surface area contributed by atoms with Crippen molar-refractivity contribution in [1.29, 1.82) is 0 Å². The maximum atomic E-state index is 12.4. The minimum absolute atomic E-state index is 0.179. The van der Waals surface area contributed by atoms with Gasteiger partial charge in [0, 0.05) is 23.5 Å². The van der Waals surface area contributed by atoms with Crippen molar-refractivity contribution in [3.05, 3.63) is 29.3 Å². The molecule has 112 valence electrons. The second-order valence-electron chi connectivity index (χ2n) is 6.14. The van der Waals surface area contributed by atoms with Gasteiger partial charge in [-0.2, -0.15) is 0 Å². The first-order valence-corrected chi connectivity index (χ1v) is 7.78. The summed E-state index contributed by atoms with van der Waals surface area (Å²) in [7, 11) is 0. The maximum Gasteiger partial charge on any atom is 0.228 e. The fraction of sp³-hybridized carbons (Fsp3) is 0.529. The Morgan fingerprint density at radius 2 is 1.71 bits per heavy atom. The van der Waals surface area contributed by atoms with E-state index in [1.807, 2.05) is 12.1 Å². The number of carboxylic acids is 1. The maximum absolute atomic E-state index is 12.4. The number of carboxylic acid groups (broad SMARTS) is 1. The summed E-state index contributed by atoms with van der Waals surface area (Å²) < 4.78 is 0. The number of aliphatic carboxylic acids is 1. The zero-order valence-corrected chi connectivity index (χ0v) is 12.1. The lowest BCUT2D eigenvalue weighted by Gasteiger charge is -2.31. The molecule has 3 rings (SSSR count). The number of amides is 1. The van der Waals surface area contributed by atoms with Gasteiger partial charge in [-0.25, -0.2) is 0 Å². The van der Waals surface area contributed by atoms with Gasteiger partial charge in [0.15, 0.2) is 0 Å². The molecule has 21 heavy (non-hydrogen) atoms. The number of hydrogen-bond donors (Lipinski definition) is 1. The second-order valence-corrected chi connectivity index (χ2v) is 6.14. The number of aryl methyl sites for hydroxylation is 2. The predicted octanol–water partition coefficient (Wildman–Crippen LogP) is 1.67. The van der Waals surface area contributed by atoms with Gasteiger partial charge in [-0.3, -0.25) is 4.79 Å². The van der Waals surface area contributed by atoms with E-state index < -0.39 is 17.8 Å². The first-order valence-electron chi connectivity index (χ1n) is 7.78. The molecule has 0 radical (unpaired) electrons. The molecule has 0 spiro atoms. The molecule has 4 nitrogen and oxygen atoms in total. The number of benzene rings is 1. The largest absolute Gasteiger partial charge is 0.550 e. The fourth-order valence-corrected chi connectivity index (χ4v) is 3.61. The van der Waals surface area contributed by atoms with E-state index in [4.69, 9.17) is 0 Å². The fourth-order valence-electron chi connectivity index (χ4n) is 3.61. The van der Waals surface area contributed by atoms with E-state index in [0.717, 1.165) is 31.4 Å². The summed E-state index contributed by atoms with van der Waals surface area (Å²) in [6.45, 7) is 0. The van der Waals surface area contributed by atoms with E-state index in [-0.39, 0.29) is 5.91 Å². The number of rotatable bonds is 3. The SMILES string of the molecule is O=C([O-])[C@@H]1CCCC[C@H]1C(=O)Nc1ccc2c(c1)CCC2. The number of nitrogens with one attached hydrogen (secondary N) is 1. The molecular weight excluding hydrogens is 266 g/mol. The van der Waals surface area contributed by atoms with Crippen LogP contribution in [0.5, 0.6) is 0 Å². The molecule has 2 aliphatic rings. The van der Waals surface area contributed by atoms with Crippen LogP contribution in [0.2, 0.25) is 0 Å². The van der Waals surface area contributed by atoms with Gasteiger partial charge in [-0.1, -0.05) is 18.9 Å². The zero-order valence-electron chi connectivity index (χ0n) is 12.1. The van der Waals surface area contributed by atoms with Crippen molar-refractivity contribution in [2.24, 2.45) is 11.8 Å². The van der Waals surface area contributed by atoms with Gasteiger partial charge in [-0.05, 0) is 55.4 Å². The summed E-state index contributed by atoms with van der Waals surface area (Å²) in [4.78, 5) is 23.6. The molecule has 0 heterocycles. The highest BCUT2D eigenvalue weighted by Gasteiger charge is 2.31. The van der Waals surface area contributed by atoms with Gasteiger partial charge in [0.05, 0.1) is 0 Å². The van der Waals surface area contributed by atoms with Crippen molar-refractivity contribution in [3.63, 3.8) is 0 Å². The van der Waals surface area contributed by atoms with Crippen LogP contribution in [0.4, 0.5) is 5.69 Å². The van der Waals surface area contributed by atoms with Crippen LogP contribution < -0.4 is 10.4 Å². The van der Waals surface area contributed by atoms with Crippen LogP contribution in [0.25, 0.3) is 0 Å². The smallest absolute Gasteiger partial charge is 0.228 e. The molecule has 2 aliphatic carbocycles. The van der Waals surface area contributed by atoms with Crippen LogP contribution >= 0.6 is 0 Å². The summed E-state index contributed by atoms with van der Waals surface area (Å²) in [5, 5.41) is 14.1.